The highest BCUT2D eigenvalue weighted by Crippen LogP contribution is 2.28. The molecule has 11 nitrogen and oxygen atoms in total. The highest BCUT2D eigenvalue weighted by atomic mass is 19.1. The van der Waals surface area contributed by atoms with Gasteiger partial charge in [0.05, 0.1) is 36.6 Å². The first-order chi connectivity index (χ1) is 21.6. The summed E-state index contributed by atoms with van der Waals surface area (Å²) in [6, 6.07) is 5.47. The Kier molecular flexibility index (Phi) is 15.3. The summed E-state index contributed by atoms with van der Waals surface area (Å²) in [4.78, 5) is 45.9. The van der Waals surface area contributed by atoms with Gasteiger partial charge in [0.1, 0.15) is 17.1 Å². The Hall–Kier alpha value is -3.38. The fourth-order valence-corrected chi connectivity index (χ4v) is 5.35. The maximum Gasteiger partial charge on any atom is 0.410 e. The van der Waals surface area contributed by atoms with E-state index in [2.05, 4.69) is 13.8 Å². The van der Waals surface area contributed by atoms with Crippen LogP contribution in [-0.4, -0.2) is 90.2 Å². The molecule has 260 valence electrons. The minimum Gasteiger partial charge on any atom is -0.444 e. The summed E-state index contributed by atoms with van der Waals surface area (Å²) in [7, 11) is 0. The molecule has 3 amide bonds. The highest BCUT2D eigenvalue weighted by Gasteiger charge is 2.41. The summed E-state index contributed by atoms with van der Waals surface area (Å²) in [6.45, 7) is 18.0. The van der Waals surface area contributed by atoms with E-state index in [4.69, 9.17) is 21.1 Å². The van der Waals surface area contributed by atoms with Crippen LogP contribution in [0.3, 0.4) is 0 Å². The Bertz CT molecular complexity index is 1180. The molecule has 0 aliphatic carbocycles. The van der Waals surface area contributed by atoms with Crippen LogP contribution in [0, 0.1) is 17.7 Å². The fraction of sp³-hybridized carbons (Fsp3) is 0.676. The number of likely N-dealkylation sites (tertiary alicyclic amines) is 1. The summed E-state index contributed by atoms with van der Waals surface area (Å²) in [5.74, 6) is 4.68. The van der Waals surface area contributed by atoms with Gasteiger partial charge in [0.15, 0.2) is 0 Å². The summed E-state index contributed by atoms with van der Waals surface area (Å²) < 4.78 is 25.6. The Labute approximate surface area is 275 Å². The second-order valence-corrected chi connectivity index (χ2v) is 13.3. The molecule has 2 heterocycles. The molecule has 1 aromatic carbocycles. The summed E-state index contributed by atoms with van der Waals surface area (Å²) in [5, 5.41) is 1.11. The van der Waals surface area contributed by atoms with Crippen molar-refractivity contribution >= 4 is 23.6 Å². The van der Waals surface area contributed by atoms with Crippen LogP contribution in [-0.2, 0) is 19.1 Å². The van der Waals surface area contributed by atoms with E-state index in [1.54, 1.807) is 49.6 Å². The van der Waals surface area contributed by atoms with Crippen LogP contribution < -0.4 is 16.6 Å². The third-order valence-corrected chi connectivity index (χ3v) is 7.79. The maximum absolute atomic E-state index is 14.6. The number of carbonyl (C=O) groups is 3. The van der Waals surface area contributed by atoms with Crippen molar-refractivity contribution in [2.75, 3.05) is 50.9 Å². The third kappa shape index (κ3) is 11.2. The minimum absolute atomic E-state index is 0.0534. The lowest BCUT2D eigenvalue weighted by atomic mass is 9.91. The van der Waals surface area contributed by atoms with Crippen LogP contribution in [0.5, 0.6) is 0 Å². The fourth-order valence-electron chi connectivity index (χ4n) is 5.35. The molecule has 46 heavy (non-hydrogen) atoms. The number of hydrogen-bond acceptors (Lipinski definition) is 8. The molecule has 2 fully saturated rings. The van der Waals surface area contributed by atoms with Gasteiger partial charge in [0, 0.05) is 32.7 Å². The number of anilines is 1. The molecule has 1 aromatic rings. The number of hydrogen-bond donors (Lipinski definition) is 2. The topological polar surface area (TPSA) is 135 Å². The Balaban J connectivity index is 0.00000173. The molecule has 0 aromatic heterocycles. The van der Waals surface area contributed by atoms with E-state index < -0.39 is 35.4 Å². The first-order valence-electron chi connectivity index (χ1n) is 16.6. The largest absolute Gasteiger partial charge is 0.444 e. The molecular formula is C34H57FN6O5. The van der Waals surface area contributed by atoms with Gasteiger partial charge in [-0.3, -0.25) is 14.6 Å². The molecule has 0 radical (unpaired) electrons. The van der Waals surface area contributed by atoms with Gasteiger partial charge in [-0.2, -0.15) is 0 Å². The van der Waals surface area contributed by atoms with Gasteiger partial charge < -0.3 is 29.9 Å². The van der Waals surface area contributed by atoms with E-state index >= 15 is 0 Å². The number of allylic oxidation sites excluding steroid dienone is 1. The number of amides is 3. The highest BCUT2D eigenvalue weighted by molar-refractivity contribution is 5.94. The Morgan fingerprint density at radius 3 is 2.17 bits per heavy atom. The van der Waals surface area contributed by atoms with Gasteiger partial charge in [0.25, 0.3) is 5.91 Å². The van der Waals surface area contributed by atoms with Crippen LogP contribution in [0.25, 0.3) is 0 Å². The summed E-state index contributed by atoms with van der Waals surface area (Å²) >= 11 is 0. The van der Waals surface area contributed by atoms with Gasteiger partial charge in [-0.15, -0.1) is 0 Å². The standard InChI is InChI=1S/C30H47FN6O5.C4H10/c1-7-24(37(33)25-11-9-8-10-23(25)31)26(32)28(39)36(17-20(2)3)22-16-21(27(38)34-12-14-41-15-13-34)18-35(19-22)29(40)42-30(4,5)6;1-3-4-2/h8-11,20-22H,7,12-19,32-33H2,1-6H3;3-4H2,1-2H3/b26-24-;. The lowest BCUT2D eigenvalue weighted by molar-refractivity contribution is -0.144. The van der Waals surface area contributed by atoms with Gasteiger partial charge in [0.2, 0.25) is 5.91 Å². The zero-order valence-corrected chi connectivity index (χ0v) is 29.2. The molecule has 3 rings (SSSR count). The SMILES string of the molecule is CC/C(=C(/N)C(=O)N(CC(C)C)C1CC(C(=O)N2CCOCC2)CN(C(=O)OC(C)(C)C)C1)N(N)c1ccccc1F.CCCC. The van der Waals surface area contributed by atoms with Crippen LogP contribution in [0.4, 0.5) is 14.9 Å². The van der Waals surface area contributed by atoms with Gasteiger partial charge in [-0.05, 0) is 51.7 Å². The average molecular weight is 649 g/mol. The van der Waals surface area contributed by atoms with E-state index in [1.807, 2.05) is 13.8 Å². The number of rotatable bonds is 9. The molecule has 2 saturated heterocycles. The molecular weight excluding hydrogens is 591 g/mol. The van der Waals surface area contributed by atoms with E-state index in [0.717, 1.165) is 5.01 Å². The van der Waals surface area contributed by atoms with Crippen molar-refractivity contribution in [3.05, 3.63) is 41.5 Å². The summed E-state index contributed by atoms with van der Waals surface area (Å²) in [6.07, 6.45) is 2.71. The number of para-hydroxylation sites is 1. The number of morpholine rings is 1. The summed E-state index contributed by atoms with van der Waals surface area (Å²) in [5.41, 5.74) is 5.98. The number of hydrazine groups is 1. The number of piperidine rings is 1. The average Bonchev–Trinajstić information content (AvgIpc) is 3.02. The predicted octanol–water partition coefficient (Wildman–Crippen LogP) is 4.86. The number of nitrogens with two attached hydrogens (primary N) is 2. The van der Waals surface area contributed by atoms with Crippen LogP contribution >= 0.6 is 0 Å². The van der Waals surface area contributed by atoms with Crippen molar-refractivity contribution in [1.82, 2.24) is 14.7 Å². The predicted molar refractivity (Wildman–Crippen MR) is 179 cm³/mol. The van der Waals surface area contributed by atoms with Gasteiger partial charge >= 0.3 is 6.09 Å². The van der Waals surface area contributed by atoms with Crippen molar-refractivity contribution in [3.8, 4) is 0 Å². The first-order valence-corrected chi connectivity index (χ1v) is 16.6. The van der Waals surface area contributed by atoms with E-state index in [1.165, 1.54) is 29.9 Å². The second kappa shape index (κ2) is 18.1. The third-order valence-electron chi connectivity index (χ3n) is 7.79. The zero-order chi connectivity index (χ0) is 34.6. The molecule has 0 spiro atoms. The van der Waals surface area contributed by atoms with Crippen molar-refractivity contribution in [1.29, 1.82) is 0 Å². The number of unbranched alkanes of at least 4 members (excludes halogenated alkanes) is 1. The van der Waals surface area contributed by atoms with Gasteiger partial charge in [-0.1, -0.05) is 59.6 Å². The van der Waals surface area contributed by atoms with Crippen LogP contribution in [0.2, 0.25) is 0 Å². The monoisotopic (exact) mass is 648 g/mol. The number of benzene rings is 1. The molecule has 0 saturated carbocycles. The Morgan fingerprint density at radius 1 is 1.04 bits per heavy atom. The number of halogens is 1. The molecule has 12 heteroatoms. The lowest BCUT2D eigenvalue weighted by Gasteiger charge is -2.44. The molecule has 2 unspecified atom stereocenters. The minimum atomic E-state index is -0.734. The normalized spacial score (nSPS) is 19.1. The van der Waals surface area contributed by atoms with Crippen molar-refractivity contribution in [2.45, 2.75) is 92.7 Å². The van der Waals surface area contributed by atoms with E-state index in [9.17, 15) is 18.8 Å². The molecule has 2 aliphatic rings. The molecule has 2 atom stereocenters. The van der Waals surface area contributed by atoms with Crippen molar-refractivity contribution in [2.24, 2.45) is 23.4 Å². The van der Waals surface area contributed by atoms with Gasteiger partial charge in [-0.25, -0.2) is 15.0 Å². The Morgan fingerprint density at radius 2 is 1.65 bits per heavy atom. The number of ether oxygens (including phenoxy) is 2. The first kappa shape index (κ1) is 38.8. The zero-order valence-electron chi connectivity index (χ0n) is 29.2. The lowest BCUT2D eigenvalue weighted by Crippen LogP contribution is -2.59. The van der Waals surface area contributed by atoms with Crippen LogP contribution in [0.15, 0.2) is 35.7 Å². The van der Waals surface area contributed by atoms with Crippen molar-refractivity contribution in [3.63, 3.8) is 0 Å². The van der Waals surface area contributed by atoms with E-state index in [-0.39, 0.29) is 48.4 Å². The smallest absolute Gasteiger partial charge is 0.410 e. The number of carbonyl (C=O) groups excluding carboxylic acids is 3. The quantitative estimate of drug-likeness (QED) is 0.220. The second-order valence-electron chi connectivity index (χ2n) is 13.3. The maximum atomic E-state index is 14.6. The van der Waals surface area contributed by atoms with Crippen molar-refractivity contribution < 1.29 is 28.2 Å². The molecule has 2 aliphatic heterocycles. The van der Waals surface area contributed by atoms with E-state index in [0.29, 0.717) is 39.3 Å². The molecule has 4 N–H and O–H groups in total. The number of nitrogens with zero attached hydrogens (tertiary/aromatic N) is 4. The van der Waals surface area contributed by atoms with Crippen LogP contribution in [0.1, 0.15) is 81.1 Å². The molecule has 0 bridgehead atoms.